The summed E-state index contributed by atoms with van der Waals surface area (Å²) < 4.78 is 15.1. The fraction of sp³-hybridized carbons (Fsp3) is 0.176. The SMILES string of the molecule is COB(C(=O)OCc1ccccc1)C(=O)OCc1ccccc1. The van der Waals surface area contributed by atoms with E-state index in [9.17, 15) is 9.59 Å². The van der Waals surface area contributed by atoms with E-state index in [2.05, 4.69) is 0 Å². The second-order valence-corrected chi connectivity index (χ2v) is 4.80. The van der Waals surface area contributed by atoms with Gasteiger partial charge in [0.1, 0.15) is 13.2 Å². The number of benzene rings is 2. The van der Waals surface area contributed by atoms with Crippen molar-refractivity contribution in [3.8, 4) is 0 Å². The molecule has 5 nitrogen and oxygen atoms in total. The molecule has 2 rings (SSSR count). The maximum Gasteiger partial charge on any atom is 0.549 e. The molecule has 6 heteroatoms. The van der Waals surface area contributed by atoms with E-state index >= 15 is 0 Å². The second kappa shape index (κ2) is 8.75. The number of hydrogen-bond acceptors (Lipinski definition) is 5. The molecule has 0 aromatic heterocycles. The van der Waals surface area contributed by atoms with E-state index in [4.69, 9.17) is 14.1 Å². The lowest BCUT2D eigenvalue weighted by Crippen LogP contribution is -2.38. The van der Waals surface area contributed by atoms with Crippen molar-refractivity contribution in [2.75, 3.05) is 7.11 Å². The highest BCUT2D eigenvalue weighted by Gasteiger charge is 2.38. The van der Waals surface area contributed by atoms with Gasteiger partial charge in [0.25, 0.3) is 0 Å². The molecule has 2 aromatic rings. The third-order valence-electron chi connectivity index (χ3n) is 3.11. The molecule has 0 aliphatic heterocycles. The predicted octanol–water partition coefficient (Wildman–Crippen LogP) is 3.46. The van der Waals surface area contributed by atoms with Crippen molar-refractivity contribution in [2.45, 2.75) is 13.2 Å². The molecule has 2 aromatic carbocycles. The quantitative estimate of drug-likeness (QED) is 0.733. The van der Waals surface area contributed by atoms with Gasteiger partial charge in [0.05, 0.1) is 0 Å². The van der Waals surface area contributed by atoms with Gasteiger partial charge in [-0.2, -0.15) is 0 Å². The molecule has 0 saturated heterocycles. The normalized spacial score (nSPS) is 9.96. The molecular formula is C17H17BO5. The first kappa shape index (κ1) is 16.8. The Morgan fingerprint density at radius 3 is 1.52 bits per heavy atom. The molecule has 0 unspecified atom stereocenters. The molecule has 0 fully saturated rings. The zero-order chi connectivity index (χ0) is 16.5. The summed E-state index contributed by atoms with van der Waals surface area (Å²) in [6.07, 6.45) is 0. The first-order valence-electron chi connectivity index (χ1n) is 7.14. The molecule has 0 saturated carbocycles. The maximum atomic E-state index is 12.0. The zero-order valence-electron chi connectivity index (χ0n) is 12.8. The molecule has 0 heterocycles. The minimum Gasteiger partial charge on any atom is -0.466 e. The Morgan fingerprint density at radius 2 is 1.17 bits per heavy atom. The van der Waals surface area contributed by atoms with Crippen molar-refractivity contribution < 1.29 is 23.7 Å². The first-order valence-corrected chi connectivity index (χ1v) is 7.14. The monoisotopic (exact) mass is 312 g/mol. The van der Waals surface area contributed by atoms with Crippen LogP contribution in [-0.2, 0) is 27.3 Å². The van der Waals surface area contributed by atoms with Gasteiger partial charge >= 0.3 is 18.7 Å². The smallest absolute Gasteiger partial charge is 0.466 e. The summed E-state index contributed by atoms with van der Waals surface area (Å²) in [6.45, 7) is -1.24. The Balaban J connectivity index is 1.85. The molecule has 0 aliphatic rings. The van der Waals surface area contributed by atoms with Gasteiger partial charge in [-0.1, -0.05) is 60.7 Å². The summed E-state index contributed by atoms with van der Waals surface area (Å²) in [5.41, 5.74) is 1.65. The molecule has 23 heavy (non-hydrogen) atoms. The van der Waals surface area contributed by atoms with Crippen molar-refractivity contribution in [1.29, 1.82) is 0 Å². The fourth-order valence-corrected chi connectivity index (χ4v) is 1.90. The summed E-state index contributed by atoms with van der Waals surface area (Å²) in [6, 6.07) is 18.4. The lowest BCUT2D eigenvalue weighted by Gasteiger charge is -2.11. The summed E-state index contributed by atoms with van der Waals surface area (Å²) in [7, 11) is 1.26. The Kier molecular flexibility index (Phi) is 6.38. The van der Waals surface area contributed by atoms with Crippen LogP contribution in [0.15, 0.2) is 60.7 Å². The van der Waals surface area contributed by atoms with Crippen molar-refractivity contribution >= 4 is 18.7 Å². The second-order valence-electron chi connectivity index (χ2n) is 4.80. The third kappa shape index (κ3) is 5.27. The van der Waals surface area contributed by atoms with E-state index in [1.54, 1.807) is 0 Å². The van der Waals surface area contributed by atoms with Crippen molar-refractivity contribution in [3.05, 3.63) is 71.8 Å². The van der Waals surface area contributed by atoms with E-state index in [1.807, 2.05) is 60.7 Å². The fourth-order valence-electron chi connectivity index (χ4n) is 1.90. The van der Waals surface area contributed by atoms with Gasteiger partial charge in [0.15, 0.2) is 0 Å². The van der Waals surface area contributed by atoms with E-state index in [0.29, 0.717) is 0 Å². The average molecular weight is 312 g/mol. The van der Waals surface area contributed by atoms with Crippen LogP contribution in [0.3, 0.4) is 0 Å². The Hall–Kier alpha value is -2.60. The molecule has 0 N–H and O–H groups in total. The molecular weight excluding hydrogens is 295 g/mol. The van der Waals surface area contributed by atoms with Crippen LogP contribution in [0.25, 0.3) is 0 Å². The van der Waals surface area contributed by atoms with Gasteiger partial charge in [-0.15, -0.1) is 0 Å². The van der Waals surface area contributed by atoms with Crippen LogP contribution in [0.5, 0.6) is 0 Å². The molecule has 118 valence electrons. The van der Waals surface area contributed by atoms with Crippen LogP contribution < -0.4 is 0 Å². The first-order chi connectivity index (χ1) is 11.2. The van der Waals surface area contributed by atoms with E-state index in [0.717, 1.165) is 11.1 Å². The topological polar surface area (TPSA) is 61.8 Å². The minimum atomic E-state index is -1.39. The van der Waals surface area contributed by atoms with Crippen LogP contribution in [-0.4, -0.2) is 25.8 Å². The molecule has 0 bridgehead atoms. The Labute approximate surface area is 135 Å². The molecule has 0 radical (unpaired) electrons. The number of hydrogen-bond donors (Lipinski definition) is 0. The highest BCUT2D eigenvalue weighted by Crippen LogP contribution is 2.06. The van der Waals surface area contributed by atoms with Crippen LogP contribution in [0.2, 0.25) is 0 Å². The lowest BCUT2D eigenvalue weighted by atomic mass is 9.68. The highest BCUT2D eigenvalue weighted by atomic mass is 16.6. The standard InChI is InChI=1S/C17H17BO5/c1-21-18(16(19)22-12-14-8-4-2-5-9-14)17(20)23-13-15-10-6-3-7-11-15/h2-11H,12-13H2,1H3. The van der Waals surface area contributed by atoms with E-state index in [-0.39, 0.29) is 13.2 Å². The van der Waals surface area contributed by atoms with Gasteiger partial charge in [0, 0.05) is 7.11 Å². The third-order valence-corrected chi connectivity index (χ3v) is 3.11. The number of ether oxygens (including phenoxy) is 2. The van der Waals surface area contributed by atoms with Crippen LogP contribution in [0.4, 0.5) is 9.59 Å². The zero-order valence-corrected chi connectivity index (χ0v) is 12.8. The van der Waals surface area contributed by atoms with E-state index in [1.165, 1.54) is 7.11 Å². The Morgan fingerprint density at radius 1 is 0.783 bits per heavy atom. The minimum absolute atomic E-state index is 0.0749. The molecule has 0 amide bonds. The summed E-state index contributed by atoms with van der Waals surface area (Å²) in [5.74, 6) is -1.54. The van der Waals surface area contributed by atoms with Gasteiger partial charge in [-0.05, 0) is 11.1 Å². The van der Waals surface area contributed by atoms with Gasteiger partial charge in [0.2, 0.25) is 0 Å². The lowest BCUT2D eigenvalue weighted by molar-refractivity contribution is 0.147. The van der Waals surface area contributed by atoms with Crippen LogP contribution in [0, 0.1) is 0 Å². The number of rotatable bonds is 7. The number of carbonyl (C=O) groups excluding carboxylic acids is 2. The summed E-state index contributed by atoms with van der Waals surface area (Å²) >= 11 is 0. The maximum absolute atomic E-state index is 12.0. The van der Waals surface area contributed by atoms with Crippen molar-refractivity contribution in [1.82, 2.24) is 0 Å². The van der Waals surface area contributed by atoms with Gasteiger partial charge in [-0.3, -0.25) is 9.59 Å². The van der Waals surface area contributed by atoms with Crippen LogP contribution >= 0.6 is 0 Å². The van der Waals surface area contributed by atoms with Crippen LogP contribution in [0.1, 0.15) is 11.1 Å². The van der Waals surface area contributed by atoms with Crippen molar-refractivity contribution in [3.63, 3.8) is 0 Å². The van der Waals surface area contributed by atoms with Gasteiger partial charge < -0.3 is 14.1 Å². The van der Waals surface area contributed by atoms with E-state index < -0.39 is 18.7 Å². The number of carbonyl (C=O) groups is 2. The summed E-state index contributed by atoms with van der Waals surface area (Å²) in [5, 5.41) is 0. The average Bonchev–Trinajstić information content (AvgIpc) is 2.60. The molecule has 0 aliphatic carbocycles. The Bertz CT molecular complexity index is 574. The summed E-state index contributed by atoms with van der Waals surface area (Å²) in [4.78, 5) is 23.9. The largest absolute Gasteiger partial charge is 0.549 e. The van der Waals surface area contributed by atoms with Gasteiger partial charge in [-0.25, -0.2) is 0 Å². The predicted molar refractivity (Wildman–Crippen MR) is 86.0 cm³/mol. The van der Waals surface area contributed by atoms with Crippen molar-refractivity contribution in [2.24, 2.45) is 0 Å². The molecule has 0 spiro atoms. The molecule has 0 atom stereocenters. The highest BCUT2D eigenvalue weighted by molar-refractivity contribution is 7.05.